The van der Waals surface area contributed by atoms with Crippen molar-refractivity contribution in [1.29, 1.82) is 0 Å². The Morgan fingerprint density at radius 3 is 2.67 bits per heavy atom. The summed E-state index contributed by atoms with van der Waals surface area (Å²) in [6, 6.07) is 12.2. The Bertz CT molecular complexity index is 460. The van der Waals surface area contributed by atoms with Crippen molar-refractivity contribution < 1.29 is 4.74 Å². The van der Waals surface area contributed by atoms with Gasteiger partial charge >= 0.3 is 0 Å². The maximum absolute atomic E-state index is 5.50. The molecule has 2 unspecified atom stereocenters. The Morgan fingerprint density at radius 1 is 1.19 bits per heavy atom. The van der Waals surface area contributed by atoms with Crippen LogP contribution in [0.25, 0.3) is 0 Å². The lowest BCUT2D eigenvalue weighted by atomic mass is 9.92. The van der Waals surface area contributed by atoms with Crippen LogP contribution in [0.15, 0.2) is 30.3 Å². The normalized spacial score (nSPS) is 27.8. The van der Waals surface area contributed by atoms with Gasteiger partial charge in [-0.1, -0.05) is 30.3 Å². The maximum atomic E-state index is 5.50. The molecule has 0 spiro atoms. The largest absolute Gasteiger partial charge is 0.383 e. The molecule has 3 nitrogen and oxygen atoms in total. The van der Waals surface area contributed by atoms with Crippen molar-refractivity contribution in [3.63, 3.8) is 0 Å². The number of rotatable bonds is 4. The molecule has 1 aromatic rings. The zero-order chi connectivity index (χ0) is 14.9. The fraction of sp³-hybridized carbons (Fsp3) is 0.667. The van der Waals surface area contributed by atoms with E-state index >= 15 is 0 Å². The molecule has 2 aliphatic rings. The monoisotopic (exact) mass is 288 g/mol. The summed E-state index contributed by atoms with van der Waals surface area (Å²) in [6.45, 7) is 9.00. The summed E-state index contributed by atoms with van der Waals surface area (Å²) in [5, 5.41) is 0. The quantitative estimate of drug-likeness (QED) is 0.847. The van der Waals surface area contributed by atoms with Gasteiger partial charge < -0.3 is 4.74 Å². The van der Waals surface area contributed by atoms with E-state index in [4.69, 9.17) is 4.74 Å². The standard InChI is InChI=1S/C18H28N2O/c1-18(2,14-21-3)20-12-16-10-7-11-19(16)13-17(20)15-8-5-4-6-9-15/h4-6,8-9,16-17H,7,10-14H2,1-3H3. The van der Waals surface area contributed by atoms with E-state index in [0.717, 1.165) is 25.7 Å². The summed E-state index contributed by atoms with van der Waals surface area (Å²) in [6.07, 6.45) is 2.70. The smallest absolute Gasteiger partial charge is 0.0641 e. The Morgan fingerprint density at radius 2 is 1.95 bits per heavy atom. The maximum Gasteiger partial charge on any atom is 0.0641 e. The minimum Gasteiger partial charge on any atom is -0.383 e. The van der Waals surface area contributed by atoms with Crippen LogP contribution in [0.1, 0.15) is 38.3 Å². The van der Waals surface area contributed by atoms with E-state index in [2.05, 4.69) is 54.0 Å². The molecule has 1 aromatic carbocycles. The van der Waals surface area contributed by atoms with Gasteiger partial charge in [0.15, 0.2) is 0 Å². The second kappa shape index (κ2) is 6.07. The predicted octanol–water partition coefficient (Wildman–Crippen LogP) is 2.93. The van der Waals surface area contributed by atoms with E-state index in [1.54, 1.807) is 0 Å². The molecule has 0 N–H and O–H groups in total. The fourth-order valence-electron chi connectivity index (χ4n) is 4.08. The number of hydrogen-bond acceptors (Lipinski definition) is 3. The zero-order valence-corrected chi connectivity index (χ0v) is 13.6. The van der Waals surface area contributed by atoms with Crippen LogP contribution in [0, 0.1) is 0 Å². The van der Waals surface area contributed by atoms with Gasteiger partial charge in [0.25, 0.3) is 0 Å². The molecule has 2 aliphatic heterocycles. The van der Waals surface area contributed by atoms with Crippen molar-refractivity contribution >= 4 is 0 Å². The first-order chi connectivity index (χ1) is 10.1. The van der Waals surface area contributed by atoms with Crippen molar-refractivity contribution in [2.75, 3.05) is 33.4 Å². The molecule has 3 heteroatoms. The molecule has 2 heterocycles. The number of piperazine rings is 1. The van der Waals surface area contributed by atoms with E-state index in [-0.39, 0.29) is 5.54 Å². The molecule has 2 atom stereocenters. The van der Waals surface area contributed by atoms with Gasteiger partial charge in [-0.15, -0.1) is 0 Å². The van der Waals surface area contributed by atoms with Gasteiger partial charge in [0.2, 0.25) is 0 Å². The number of fused-ring (bicyclic) bond motifs is 1. The van der Waals surface area contributed by atoms with Gasteiger partial charge in [-0.05, 0) is 38.8 Å². The molecule has 0 saturated carbocycles. The first kappa shape index (κ1) is 15.0. The van der Waals surface area contributed by atoms with Crippen LogP contribution in [0.4, 0.5) is 0 Å². The Kier molecular flexibility index (Phi) is 4.34. The number of methoxy groups -OCH3 is 1. The van der Waals surface area contributed by atoms with Crippen molar-refractivity contribution in [2.45, 2.75) is 44.3 Å². The number of nitrogens with zero attached hydrogens (tertiary/aromatic N) is 2. The molecule has 0 aliphatic carbocycles. The summed E-state index contributed by atoms with van der Waals surface area (Å²) in [5.41, 5.74) is 1.51. The number of benzene rings is 1. The van der Waals surface area contributed by atoms with E-state index in [9.17, 15) is 0 Å². The fourth-order valence-corrected chi connectivity index (χ4v) is 4.08. The highest BCUT2D eigenvalue weighted by molar-refractivity contribution is 5.21. The van der Waals surface area contributed by atoms with E-state index in [1.807, 2.05) is 7.11 Å². The molecule has 116 valence electrons. The molecule has 2 fully saturated rings. The predicted molar refractivity (Wildman–Crippen MR) is 86.4 cm³/mol. The van der Waals surface area contributed by atoms with Crippen molar-refractivity contribution in [3.05, 3.63) is 35.9 Å². The van der Waals surface area contributed by atoms with Crippen molar-refractivity contribution in [1.82, 2.24) is 9.80 Å². The lowest BCUT2D eigenvalue weighted by Crippen LogP contribution is -2.59. The van der Waals surface area contributed by atoms with E-state index in [1.165, 1.54) is 24.9 Å². The molecular weight excluding hydrogens is 260 g/mol. The summed E-state index contributed by atoms with van der Waals surface area (Å²) in [4.78, 5) is 5.37. The molecule has 0 radical (unpaired) electrons. The Balaban J connectivity index is 1.89. The molecule has 0 bridgehead atoms. The van der Waals surface area contributed by atoms with Gasteiger partial charge in [0, 0.05) is 37.8 Å². The van der Waals surface area contributed by atoms with Gasteiger partial charge in [-0.2, -0.15) is 0 Å². The summed E-state index contributed by atoms with van der Waals surface area (Å²) >= 11 is 0. The zero-order valence-electron chi connectivity index (χ0n) is 13.6. The van der Waals surface area contributed by atoms with Crippen LogP contribution < -0.4 is 0 Å². The number of ether oxygens (including phenoxy) is 1. The molecule has 3 rings (SSSR count). The lowest BCUT2D eigenvalue weighted by Gasteiger charge is -2.51. The van der Waals surface area contributed by atoms with Crippen LogP contribution in [0.3, 0.4) is 0 Å². The summed E-state index contributed by atoms with van der Waals surface area (Å²) in [5.74, 6) is 0. The molecule has 2 saturated heterocycles. The average Bonchev–Trinajstić information content (AvgIpc) is 2.94. The van der Waals surface area contributed by atoms with Crippen LogP contribution in [0.5, 0.6) is 0 Å². The van der Waals surface area contributed by atoms with Gasteiger partial charge in [-0.3, -0.25) is 9.80 Å². The molecular formula is C18H28N2O. The van der Waals surface area contributed by atoms with Crippen LogP contribution in [-0.4, -0.2) is 54.7 Å². The van der Waals surface area contributed by atoms with Crippen molar-refractivity contribution in [2.24, 2.45) is 0 Å². The molecule has 0 aromatic heterocycles. The van der Waals surface area contributed by atoms with Gasteiger partial charge in [-0.25, -0.2) is 0 Å². The molecule has 21 heavy (non-hydrogen) atoms. The first-order valence-corrected chi connectivity index (χ1v) is 8.16. The van der Waals surface area contributed by atoms with Gasteiger partial charge in [0.1, 0.15) is 0 Å². The number of hydrogen-bond donors (Lipinski definition) is 0. The third-order valence-corrected chi connectivity index (χ3v) is 5.15. The third kappa shape index (κ3) is 3.01. The van der Waals surface area contributed by atoms with E-state index < -0.39 is 0 Å². The highest BCUT2D eigenvalue weighted by Crippen LogP contribution is 2.37. The highest BCUT2D eigenvalue weighted by Gasteiger charge is 2.42. The van der Waals surface area contributed by atoms with Crippen LogP contribution in [-0.2, 0) is 4.74 Å². The van der Waals surface area contributed by atoms with Gasteiger partial charge in [0.05, 0.1) is 6.61 Å². The third-order valence-electron chi connectivity index (χ3n) is 5.15. The Hall–Kier alpha value is -0.900. The second-order valence-electron chi connectivity index (χ2n) is 7.12. The average molecular weight is 288 g/mol. The molecule has 0 amide bonds. The lowest BCUT2D eigenvalue weighted by molar-refractivity contribution is -0.0476. The highest BCUT2D eigenvalue weighted by atomic mass is 16.5. The SMILES string of the molecule is COCC(C)(C)N1CC2CCCN2CC1c1ccccc1. The van der Waals surface area contributed by atoms with Crippen LogP contribution in [0.2, 0.25) is 0 Å². The summed E-state index contributed by atoms with van der Waals surface area (Å²) in [7, 11) is 1.81. The first-order valence-electron chi connectivity index (χ1n) is 8.16. The van der Waals surface area contributed by atoms with Crippen LogP contribution >= 0.6 is 0 Å². The second-order valence-corrected chi connectivity index (χ2v) is 7.12. The minimum atomic E-state index is 0.0734. The minimum absolute atomic E-state index is 0.0734. The van der Waals surface area contributed by atoms with Crippen molar-refractivity contribution in [3.8, 4) is 0 Å². The topological polar surface area (TPSA) is 15.7 Å². The summed E-state index contributed by atoms with van der Waals surface area (Å²) < 4.78 is 5.50. The Labute approximate surface area is 128 Å². The van der Waals surface area contributed by atoms with E-state index in [0.29, 0.717) is 6.04 Å².